The molecule has 1 aromatic heterocycles. The van der Waals surface area contributed by atoms with E-state index in [0.717, 1.165) is 22.6 Å². The zero-order chi connectivity index (χ0) is 9.97. The van der Waals surface area contributed by atoms with Gasteiger partial charge in [0.15, 0.2) is 0 Å². The minimum Gasteiger partial charge on any atom is -0.256 e. The summed E-state index contributed by atoms with van der Waals surface area (Å²) in [6.07, 6.45) is 6.75. The lowest BCUT2D eigenvalue weighted by Crippen LogP contribution is -2.04. The van der Waals surface area contributed by atoms with Crippen LogP contribution in [0.3, 0.4) is 0 Å². The van der Waals surface area contributed by atoms with Crippen LogP contribution in [0.4, 0.5) is 0 Å². The van der Waals surface area contributed by atoms with Gasteiger partial charge < -0.3 is 0 Å². The molecule has 1 radical (unpaired) electrons. The first-order chi connectivity index (χ1) is 6.77. The highest BCUT2D eigenvalue weighted by atomic mass is 32.1. The van der Waals surface area contributed by atoms with Crippen LogP contribution in [0, 0.1) is 6.07 Å². The first-order valence-electron chi connectivity index (χ1n) is 4.50. The van der Waals surface area contributed by atoms with E-state index in [1.165, 1.54) is 5.57 Å². The predicted molar refractivity (Wildman–Crippen MR) is 62.0 cm³/mol. The molecule has 0 atom stereocenters. The van der Waals surface area contributed by atoms with Gasteiger partial charge in [0.05, 0.1) is 5.69 Å². The lowest BCUT2D eigenvalue weighted by molar-refractivity contribution is 1.24. The largest absolute Gasteiger partial charge is 0.256 e. The second kappa shape index (κ2) is 3.84. The molecule has 69 valence electrons. The van der Waals surface area contributed by atoms with Crippen molar-refractivity contribution in [2.24, 2.45) is 0 Å². The fraction of sp³-hybridized carbons (Fsp3) is 0.167. The van der Waals surface area contributed by atoms with Crippen LogP contribution in [0.1, 0.15) is 19.0 Å². The molecule has 0 unspecified atom stereocenters. The smallest absolute Gasteiger partial charge is 0.0719 e. The van der Waals surface area contributed by atoms with E-state index in [1.807, 2.05) is 12.1 Å². The third-order valence-corrected chi connectivity index (χ3v) is 2.52. The highest BCUT2D eigenvalue weighted by Crippen LogP contribution is 2.22. The molecule has 1 heterocycles. The minimum atomic E-state index is 0.873. The molecule has 0 aliphatic heterocycles. The number of hydrogen-bond acceptors (Lipinski definition) is 2. The van der Waals surface area contributed by atoms with Gasteiger partial charge in [-0.3, -0.25) is 4.98 Å². The van der Waals surface area contributed by atoms with Crippen LogP contribution in [0.2, 0.25) is 0 Å². The molecule has 1 aliphatic rings. The fourth-order valence-corrected chi connectivity index (χ4v) is 1.83. The Hall–Kier alpha value is -1.28. The summed E-state index contributed by atoms with van der Waals surface area (Å²) in [4.78, 5) is 5.23. The van der Waals surface area contributed by atoms with Crippen LogP contribution in [0.25, 0.3) is 5.57 Å². The highest BCUT2D eigenvalue weighted by Gasteiger charge is 2.12. The minimum absolute atomic E-state index is 0.873. The third kappa shape index (κ3) is 1.80. The van der Waals surface area contributed by atoms with Gasteiger partial charge in [0.25, 0.3) is 0 Å². The molecule has 0 saturated carbocycles. The Morgan fingerprint density at radius 3 is 2.93 bits per heavy atom. The molecule has 1 aliphatic carbocycles. The number of allylic oxidation sites excluding steroid dienone is 4. The summed E-state index contributed by atoms with van der Waals surface area (Å²) in [5, 5.41) is 0. The predicted octanol–water partition coefficient (Wildman–Crippen LogP) is 2.99. The molecule has 1 aromatic rings. The molecule has 2 heteroatoms. The maximum absolute atomic E-state index is 5.32. The summed E-state index contributed by atoms with van der Waals surface area (Å²) < 4.78 is 0. The molecule has 0 amide bonds. The van der Waals surface area contributed by atoms with Crippen LogP contribution in [-0.2, 0) is 0 Å². The van der Waals surface area contributed by atoms with Gasteiger partial charge in [-0.05, 0) is 25.1 Å². The van der Waals surface area contributed by atoms with Crippen LogP contribution in [0.15, 0.2) is 36.1 Å². The number of aromatic nitrogens is 1. The van der Waals surface area contributed by atoms with Crippen molar-refractivity contribution in [3.05, 3.63) is 47.8 Å². The molecule has 1 nitrogen and oxygen atoms in total. The van der Waals surface area contributed by atoms with E-state index in [4.69, 9.17) is 12.2 Å². The molecule has 0 fully saturated rings. The molecule has 14 heavy (non-hydrogen) atoms. The summed E-state index contributed by atoms with van der Waals surface area (Å²) >= 11 is 5.32. The zero-order valence-electron chi connectivity index (χ0n) is 7.95. The maximum Gasteiger partial charge on any atom is 0.0719 e. The molecule has 0 spiro atoms. The van der Waals surface area contributed by atoms with E-state index in [0.29, 0.717) is 0 Å². The van der Waals surface area contributed by atoms with Crippen molar-refractivity contribution >= 4 is 22.7 Å². The summed E-state index contributed by atoms with van der Waals surface area (Å²) in [5.74, 6) is 0. The van der Waals surface area contributed by atoms with Gasteiger partial charge >= 0.3 is 0 Å². The van der Waals surface area contributed by atoms with Crippen LogP contribution < -0.4 is 0 Å². The van der Waals surface area contributed by atoms with Crippen molar-refractivity contribution in [3.63, 3.8) is 0 Å². The van der Waals surface area contributed by atoms with Crippen molar-refractivity contribution in [2.75, 3.05) is 0 Å². The lowest BCUT2D eigenvalue weighted by Gasteiger charge is -2.12. The Bertz CT molecular complexity index is 415. The van der Waals surface area contributed by atoms with E-state index in [2.05, 4.69) is 24.1 Å². The second-order valence-electron chi connectivity index (χ2n) is 3.33. The summed E-state index contributed by atoms with van der Waals surface area (Å²) in [6, 6.07) is 6.66. The van der Waals surface area contributed by atoms with Gasteiger partial charge in [0.1, 0.15) is 0 Å². The molecule has 0 bridgehead atoms. The van der Waals surface area contributed by atoms with Crippen LogP contribution >= 0.6 is 12.2 Å². The third-order valence-electron chi connectivity index (χ3n) is 2.15. The first-order valence-corrected chi connectivity index (χ1v) is 4.91. The van der Waals surface area contributed by atoms with Gasteiger partial charge in [0, 0.05) is 23.1 Å². The standard InChI is InChI=1S/C12H10NS/c1-9-5-6-10(12(14)8-9)11-4-2-3-7-13-11/h3-7H,8H2,1H3. The van der Waals surface area contributed by atoms with E-state index in [9.17, 15) is 0 Å². The van der Waals surface area contributed by atoms with Crippen molar-refractivity contribution in [1.29, 1.82) is 0 Å². The Balaban J connectivity index is 2.41. The number of rotatable bonds is 1. The van der Waals surface area contributed by atoms with E-state index >= 15 is 0 Å². The molecule has 0 saturated heterocycles. The highest BCUT2D eigenvalue weighted by molar-refractivity contribution is 7.81. The van der Waals surface area contributed by atoms with E-state index in [1.54, 1.807) is 12.3 Å². The Morgan fingerprint density at radius 2 is 2.29 bits per heavy atom. The van der Waals surface area contributed by atoms with Crippen molar-refractivity contribution in [2.45, 2.75) is 13.3 Å². The fourth-order valence-electron chi connectivity index (χ4n) is 1.43. The molecule has 0 N–H and O–H groups in total. The molecule has 2 rings (SSSR count). The maximum atomic E-state index is 5.32. The average molecular weight is 200 g/mol. The first kappa shape index (κ1) is 9.28. The Morgan fingerprint density at radius 1 is 1.43 bits per heavy atom. The average Bonchev–Trinajstić information content (AvgIpc) is 2.19. The quantitative estimate of drug-likeness (QED) is 0.646. The van der Waals surface area contributed by atoms with E-state index in [-0.39, 0.29) is 0 Å². The molecular formula is C12H10NS. The molecule has 0 aromatic carbocycles. The summed E-state index contributed by atoms with van der Waals surface area (Å²) in [7, 11) is 0. The van der Waals surface area contributed by atoms with Crippen molar-refractivity contribution in [3.8, 4) is 0 Å². The number of pyridine rings is 1. The Labute approximate surface area is 89.2 Å². The van der Waals surface area contributed by atoms with Crippen LogP contribution in [-0.4, -0.2) is 9.85 Å². The van der Waals surface area contributed by atoms with Crippen molar-refractivity contribution < 1.29 is 0 Å². The van der Waals surface area contributed by atoms with Gasteiger partial charge in [-0.15, -0.1) is 0 Å². The summed E-state index contributed by atoms with van der Waals surface area (Å²) in [5.41, 5.74) is 3.28. The second-order valence-corrected chi connectivity index (χ2v) is 3.83. The zero-order valence-corrected chi connectivity index (χ0v) is 8.77. The topological polar surface area (TPSA) is 12.9 Å². The monoisotopic (exact) mass is 200 g/mol. The van der Waals surface area contributed by atoms with E-state index < -0.39 is 0 Å². The molecular weight excluding hydrogens is 190 g/mol. The summed E-state index contributed by atoms with van der Waals surface area (Å²) in [6.45, 7) is 2.09. The lowest BCUT2D eigenvalue weighted by atomic mass is 9.97. The number of thiocarbonyl (C=S) groups is 1. The number of hydrogen-bond donors (Lipinski definition) is 0. The SMILES string of the molecule is CC1=CC=C(c2c[c]ccn2)C(=S)C1. The number of nitrogens with zero attached hydrogens (tertiary/aromatic N) is 1. The van der Waals surface area contributed by atoms with Gasteiger partial charge in [0.2, 0.25) is 0 Å². The van der Waals surface area contributed by atoms with Crippen molar-refractivity contribution in [1.82, 2.24) is 4.98 Å². The van der Waals surface area contributed by atoms with Gasteiger partial charge in [-0.25, -0.2) is 0 Å². The van der Waals surface area contributed by atoms with Crippen LogP contribution in [0.5, 0.6) is 0 Å². The van der Waals surface area contributed by atoms with Gasteiger partial charge in [-0.1, -0.05) is 29.9 Å². The van der Waals surface area contributed by atoms with Gasteiger partial charge in [-0.2, -0.15) is 0 Å². The normalized spacial score (nSPS) is 16.2. The Kier molecular flexibility index (Phi) is 2.55.